The fraction of sp³-hybridized carbons (Fsp3) is 0.750. The highest BCUT2D eigenvalue weighted by Crippen LogP contribution is 2.15. The van der Waals surface area contributed by atoms with E-state index in [0.29, 0.717) is 6.42 Å². The van der Waals surface area contributed by atoms with E-state index in [2.05, 4.69) is 22.2 Å². The largest absolute Gasteiger partial charge is 0.355 e. The van der Waals surface area contributed by atoms with Crippen LogP contribution in [0.4, 0.5) is 0 Å². The maximum Gasteiger partial charge on any atom is 0.224 e. The molecule has 0 bridgehead atoms. The highest BCUT2D eigenvalue weighted by molar-refractivity contribution is 5.79. The van der Waals surface area contributed by atoms with Gasteiger partial charge in [0.05, 0.1) is 12.1 Å². The number of rotatable bonds is 5. The third kappa shape index (κ3) is 4.30. The zero-order chi connectivity index (χ0) is 15.4. The van der Waals surface area contributed by atoms with E-state index in [9.17, 15) is 4.79 Å². The van der Waals surface area contributed by atoms with Crippen LogP contribution in [0, 0.1) is 19.8 Å². The summed E-state index contributed by atoms with van der Waals surface area (Å²) in [5.41, 5.74) is 3.09. The molecule has 1 N–H and O–H groups in total. The summed E-state index contributed by atoms with van der Waals surface area (Å²) in [4.78, 5) is 14.5. The summed E-state index contributed by atoms with van der Waals surface area (Å²) in [5, 5.41) is 7.39. The maximum absolute atomic E-state index is 12.1. The van der Waals surface area contributed by atoms with Crippen LogP contribution in [0.1, 0.15) is 36.7 Å². The van der Waals surface area contributed by atoms with Crippen molar-refractivity contribution in [1.82, 2.24) is 20.0 Å². The van der Waals surface area contributed by atoms with Crippen LogP contribution in [-0.2, 0) is 18.3 Å². The van der Waals surface area contributed by atoms with Gasteiger partial charge in [0.1, 0.15) is 0 Å². The van der Waals surface area contributed by atoms with Gasteiger partial charge in [-0.05, 0) is 39.2 Å². The number of carbonyl (C=O) groups is 1. The molecule has 1 fully saturated rings. The second-order valence-corrected chi connectivity index (χ2v) is 6.35. The molecule has 0 spiro atoms. The molecule has 0 unspecified atom stereocenters. The second kappa shape index (κ2) is 7.07. The van der Waals surface area contributed by atoms with Crippen LogP contribution in [0.3, 0.4) is 0 Å². The van der Waals surface area contributed by atoms with Crippen molar-refractivity contribution in [3.8, 4) is 0 Å². The summed E-state index contributed by atoms with van der Waals surface area (Å²) in [6, 6.07) is 0. The fourth-order valence-corrected chi connectivity index (χ4v) is 3.14. The summed E-state index contributed by atoms with van der Waals surface area (Å²) in [6.45, 7) is 10.3. The van der Waals surface area contributed by atoms with Crippen LogP contribution in [0.25, 0.3) is 0 Å². The first-order chi connectivity index (χ1) is 9.97. The van der Waals surface area contributed by atoms with Gasteiger partial charge in [-0.3, -0.25) is 9.48 Å². The fourth-order valence-electron chi connectivity index (χ4n) is 3.14. The number of carbonyl (C=O) groups excluding carboxylic acids is 1. The minimum absolute atomic E-state index is 0.0965. The number of amides is 1. The number of hydrogen-bond acceptors (Lipinski definition) is 3. The number of nitrogens with zero attached hydrogens (tertiary/aromatic N) is 3. The zero-order valence-corrected chi connectivity index (χ0v) is 13.8. The molecule has 21 heavy (non-hydrogen) atoms. The van der Waals surface area contributed by atoms with E-state index in [1.165, 1.54) is 19.4 Å². The van der Waals surface area contributed by atoms with Crippen LogP contribution >= 0.6 is 0 Å². The van der Waals surface area contributed by atoms with Gasteiger partial charge in [-0.2, -0.15) is 5.10 Å². The van der Waals surface area contributed by atoms with Gasteiger partial charge in [-0.15, -0.1) is 0 Å². The highest BCUT2D eigenvalue weighted by atomic mass is 16.1. The maximum atomic E-state index is 12.1. The number of nitrogens with one attached hydrogen (secondary N) is 1. The van der Waals surface area contributed by atoms with Gasteiger partial charge >= 0.3 is 0 Å². The van der Waals surface area contributed by atoms with Crippen molar-refractivity contribution in [2.24, 2.45) is 13.0 Å². The topological polar surface area (TPSA) is 50.2 Å². The Morgan fingerprint density at radius 2 is 2.19 bits per heavy atom. The van der Waals surface area contributed by atoms with Crippen molar-refractivity contribution in [1.29, 1.82) is 0 Å². The van der Waals surface area contributed by atoms with Crippen molar-refractivity contribution in [3.05, 3.63) is 17.0 Å². The minimum atomic E-state index is 0.0965. The zero-order valence-electron chi connectivity index (χ0n) is 13.8. The average Bonchev–Trinajstić information content (AvgIpc) is 2.65. The first-order valence-corrected chi connectivity index (χ1v) is 7.95. The van der Waals surface area contributed by atoms with Gasteiger partial charge in [0.25, 0.3) is 0 Å². The first kappa shape index (κ1) is 16.0. The van der Waals surface area contributed by atoms with Crippen LogP contribution < -0.4 is 5.32 Å². The van der Waals surface area contributed by atoms with E-state index in [-0.39, 0.29) is 5.91 Å². The second-order valence-electron chi connectivity index (χ2n) is 6.35. The molecule has 1 amide bonds. The van der Waals surface area contributed by atoms with Gasteiger partial charge in [-0.1, -0.05) is 6.92 Å². The Morgan fingerprint density at radius 3 is 2.81 bits per heavy atom. The van der Waals surface area contributed by atoms with E-state index in [1.54, 1.807) is 0 Å². The van der Waals surface area contributed by atoms with E-state index in [1.807, 2.05) is 25.6 Å². The average molecular weight is 292 g/mol. The Kier molecular flexibility index (Phi) is 5.39. The summed E-state index contributed by atoms with van der Waals surface area (Å²) in [5.74, 6) is 0.884. The highest BCUT2D eigenvalue weighted by Gasteiger charge is 2.16. The van der Waals surface area contributed by atoms with Crippen LogP contribution in [0.5, 0.6) is 0 Å². The normalized spacial score (nSPS) is 19.7. The number of piperidine rings is 1. The number of aromatic nitrogens is 2. The van der Waals surface area contributed by atoms with Crippen molar-refractivity contribution >= 4 is 5.91 Å². The van der Waals surface area contributed by atoms with Gasteiger partial charge in [0.15, 0.2) is 0 Å². The molecule has 0 saturated carbocycles. The molecule has 2 rings (SSSR count). The molecule has 0 radical (unpaired) electrons. The molecule has 5 nitrogen and oxygen atoms in total. The van der Waals surface area contributed by atoms with Gasteiger partial charge in [0, 0.05) is 37.9 Å². The molecule has 118 valence electrons. The number of likely N-dealkylation sites (tertiary alicyclic amines) is 1. The third-order valence-corrected chi connectivity index (χ3v) is 4.49. The van der Waals surface area contributed by atoms with Crippen molar-refractivity contribution in [2.45, 2.75) is 40.0 Å². The predicted molar refractivity (Wildman–Crippen MR) is 84.2 cm³/mol. The molecule has 1 aromatic rings. The summed E-state index contributed by atoms with van der Waals surface area (Å²) in [7, 11) is 1.92. The molecular formula is C16H28N4O. The Labute approximate surface area is 127 Å². The van der Waals surface area contributed by atoms with Gasteiger partial charge in [-0.25, -0.2) is 0 Å². The molecular weight excluding hydrogens is 264 g/mol. The SMILES string of the molecule is Cc1nn(C)c(C)c1CC(=O)NCCN1CCC[C@H](C)C1. The molecule has 1 aliphatic heterocycles. The molecule has 0 aromatic carbocycles. The van der Waals surface area contributed by atoms with Gasteiger partial charge in [0.2, 0.25) is 5.91 Å². The predicted octanol–water partition coefficient (Wildman–Crippen LogP) is 1.43. The molecule has 0 aliphatic carbocycles. The molecule has 1 saturated heterocycles. The number of hydrogen-bond donors (Lipinski definition) is 1. The van der Waals surface area contributed by atoms with Gasteiger partial charge < -0.3 is 10.2 Å². The quantitative estimate of drug-likeness (QED) is 0.893. The van der Waals surface area contributed by atoms with E-state index >= 15 is 0 Å². The van der Waals surface area contributed by atoms with E-state index in [0.717, 1.165) is 42.5 Å². The Balaban J connectivity index is 1.75. The Morgan fingerprint density at radius 1 is 1.43 bits per heavy atom. The molecule has 2 heterocycles. The summed E-state index contributed by atoms with van der Waals surface area (Å²) < 4.78 is 1.84. The Hall–Kier alpha value is -1.36. The smallest absolute Gasteiger partial charge is 0.224 e. The standard InChI is InChI=1S/C16H28N4O/c1-12-6-5-8-20(11-12)9-7-17-16(21)10-15-13(2)18-19(4)14(15)3/h12H,5-11H2,1-4H3,(H,17,21)/t12-/m0/s1. The van der Waals surface area contributed by atoms with Crippen LogP contribution in [-0.4, -0.2) is 46.8 Å². The molecule has 5 heteroatoms. The van der Waals surface area contributed by atoms with Crippen molar-refractivity contribution in [2.75, 3.05) is 26.2 Å². The van der Waals surface area contributed by atoms with E-state index in [4.69, 9.17) is 0 Å². The van der Waals surface area contributed by atoms with Crippen molar-refractivity contribution in [3.63, 3.8) is 0 Å². The summed E-state index contributed by atoms with van der Waals surface area (Å²) >= 11 is 0. The third-order valence-electron chi connectivity index (χ3n) is 4.49. The molecule has 1 atom stereocenters. The lowest BCUT2D eigenvalue weighted by atomic mass is 10.0. The van der Waals surface area contributed by atoms with Crippen molar-refractivity contribution < 1.29 is 4.79 Å². The monoisotopic (exact) mass is 292 g/mol. The van der Waals surface area contributed by atoms with Crippen LogP contribution in [0.15, 0.2) is 0 Å². The van der Waals surface area contributed by atoms with E-state index < -0.39 is 0 Å². The minimum Gasteiger partial charge on any atom is -0.355 e. The molecule has 1 aromatic heterocycles. The number of aryl methyl sites for hydroxylation is 2. The molecule has 1 aliphatic rings. The first-order valence-electron chi connectivity index (χ1n) is 7.95. The summed E-state index contributed by atoms with van der Waals surface area (Å²) in [6.07, 6.45) is 3.05. The lowest BCUT2D eigenvalue weighted by Gasteiger charge is -2.30. The lowest BCUT2D eigenvalue weighted by molar-refractivity contribution is -0.120. The van der Waals surface area contributed by atoms with Crippen LogP contribution in [0.2, 0.25) is 0 Å². The Bertz CT molecular complexity index is 495. The lowest BCUT2D eigenvalue weighted by Crippen LogP contribution is -2.40.